The molecule has 66 heavy (non-hydrogen) atoms. The Kier molecular flexibility index (Phi) is 20.8. The van der Waals surface area contributed by atoms with E-state index in [0.717, 1.165) is 50.4 Å². The fraction of sp³-hybridized carbons (Fsp3) is 0.407. The largest absolute Gasteiger partial charge is 0.665 e. The van der Waals surface area contributed by atoms with Gasteiger partial charge in [-0.25, -0.2) is 0 Å². The molecule has 0 bridgehead atoms. The van der Waals surface area contributed by atoms with E-state index in [4.69, 9.17) is 14.2 Å². The van der Waals surface area contributed by atoms with Gasteiger partial charge in [0.15, 0.2) is 0 Å². The third-order valence-corrected chi connectivity index (χ3v) is 13.4. The molecule has 0 aliphatic heterocycles. The van der Waals surface area contributed by atoms with E-state index >= 15 is 0 Å². The van der Waals surface area contributed by atoms with Gasteiger partial charge >= 0.3 is 11.9 Å². The number of esters is 1. The van der Waals surface area contributed by atoms with Crippen LogP contribution in [0.4, 0.5) is 0 Å². The number of aryl methyl sites for hydroxylation is 2. The van der Waals surface area contributed by atoms with Gasteiger partial charge in [-0.2, -0.15) is 14.2 Å². The van der Waals surface area contributed by atoms with Crippen LogP contribution in [-0.4, -0.2) is 42.3 Å². The van der Waals surface area contributed by atoms with Crippen molar-refractivity contribution >= 4 is 57.3 Å². The van der Waals surface area contributed by atoms with E-state index < -0.39 is 16.8 Å². The molecule has 6 aromatic rings. The molecule has 0 atom stereocenters. The van der Waals surface area contributed by atoms with Crippen molar-refractivity contribution in [2.24, 2.45) is 10.8 Å². The molecule has 0 saturated carbocycles. The van der Waals surface area contributed by atoms with Crippen molar-refractivity contribution in [2.75, 3.05) is 6.61 Å². The van der Waals surface area contributed by atoms with Crippen molar-refractivity contribution in [3.63, 3.8) is 0 Å². The maximum atomic E-state index is 12.8. The number of fused-ring (bicyclic) bond motifs is 2. The summed E-state index contributed by atoms with van der Waals surface area (Å²) in [5.74, 6) is 0.445. The average molecular weight is 1080 g/mol. The van der Waals surface area contributed by atoms with Crippen LogP contribution in [0.5, 0.6) is 11.5 Å². The molecule has 0 spiro atoms. The number of aromatic nitrogens is 2. The molecule has 4 aromatic carbocycles. The number of hydrogen-bond donors (Lipinski definition) is 1. The number of carboxylic acid groups (broad SMARTS) is 1. The number of rotatable bonds is 15. The molecule has 0 saturated heterocycles. The van der Waals surface area contributed by atoms with Gasteiger partial charge in [0, 0.05) is 144 Å². The Morgan fingerprint density at radius 3 is 1.27 bits per heavy atom. The molecule has 2 heterocycles. The Balaban J connectivity index is 0.000000341. The summed E-state index contributed by atoms with van der Waals surface area (Å²) in [6.07, 6.45) is 1.01. The predicted octanol–water partition coefficient (Wildman–Crippen LogP) is 13.9. The Labute approximate surface area is 453 Å². The van der Waals surface area contributed by atoms with Gasteiger partial charge in [0.1, 0.15) is 0 Å². The molecule has 0 unspecified atom stereocenters. The van der Waals surface area contributed by atoms with E-state index in [0.29, 0.717) is 31.7 Å². The summed E-state index contributed by atoms with van der Waals surface area (Å²) < 4.78 is 20.6. The van der Waals surface area contributed by atoms with Crippen LogP contribution in [0, 0.1) is 38.9 Å². The van der Waals surface area contributed by atoms with Gasteiger partial charge in [0.05, 0.1) is 28.9 Å². The maximum absolute atomic E-state index is 12.8. The second-order valence-electron chi connectivity index (χ2n) is 19.9. The first-order valence-electron chi connectivity index (χ1n) is 21.9. The average Bonchev–Trinajstić information content (AvgIpc) is 3.63. The number of hydrogen-bond acceptors (Lipinski definition) is 7. The Morgan fingerprint density at radius 2 is 0.955 bits per heavy atom. The summed E-state index contributed by atoms with van der Waals surface area (Å²) in [6, 6.07) is 29.2. The van der Waals surface area contributed by atoms with Gasteiger partial charge in [0.2, 0.25) is 0 Å². The van der Waals surface area contributed by atoms with Crippen LogP contribution >= 0.6 is 23.5 Å². The minimum Gasteiger partial charge on any atom is -0.665 e. The normalized spacial score (nSPS) is 11.9. The molecule has 0 amide bonds. The Bertz CT molecular complexity index is 2580. The number of aliphatic carboxylic acids is 1. The summed E-state index contributed by atoms with van der Waals surface area (Å²) in [5.41, 5.74) is 7.69. The van der Waals surface area contributed by atoms with Crippen molar-refractivity contribution in [3.8, 4) is 11.5 Å². The van der Waals surface area contributed by atoms with Gasteiger partial charge < -0.3 is 28.5 Å². The molecule has 0 aliphatic carbocycles. The molecule has 0 fully saturated rings. The third-order valence-electron chi connectivity index (χ3n) is 10.9. The van der Waals surface area contributed by atoms with E-state index in [-0.39, 0.29) is 80.9 Å². The number of carboxylic acids is 1. The molecule has 350 valence electrons. The van der Waals surface area contributed by atoms with Gasteiger partial charge in [-0.3, -0.25) is 9.59 Å². The van der Waals surface area contributed by atoms with E-state index in [1.807, 2.05) is 56.8 Å². The van der Waals surface area contributed by atoms with Crippen LogP contribution in [0.3, 0.4) is 0 Å². The molecule has 0 aliphatic rings. The van der Waals surface area contributed by atoms with Gasteiger partial charge in [-0.05, 0) is 96.0 Å². The molecule has 1 N–H and O–H groups in total. The second-order valence-corrected chi connectivity index (χ2v) is 23.6. The van der Waals surface area contributed by atoms with Crippen molar-refractivity contribution in [2.45, 2.75) is 135 Å². The summed E-state index contributed by atoms with van der Waals surface area (Å²) in [7, 11) is 7.16. The van der Waals surface area contributed by atoms with Crippen LogP contribution in [0.2, 0.25) is 0 Å². The van der Waals surface area contributed by atoms with Crippen LogP contribution in [0.1, 0.15) is 110 Å². The molecular weight excluding hydrogens is 1010 g/mol. The fourth-order valence-corrected chi connectivity index (χ4v) is 9.88. The minimum atomic E-state index is -0.891. The minimum absolute atomic E-state index is 0. The number of carbonyl (C=O) groups is 2. The number of carbonyl (C=O) groups excluding carboxylic acids is 1. The van der Waals surface area contributed by atoms with Crippen molar-refractivity contribution in [3.05, 3.63) is 133 Å². The first-order valence-corrected chi connectivity index (χ1v) is 23.5. The Hall–Kier alpha value is -2.59. The van der Waals surface area contributed by atoms with E-state index in [9.17, 15) is 14.7 Å². The number of ether oxygens (including phenoxy) is 3. The monoisotopic (exact) mass is 1080 g/mol. The maximum Gasteiger partial charge on any atom is 0.311 e. The predicted molar refractivity (Wildman–Crippen MR) is 267 cm³/mol. The van der Waals surface area contributed by atoms with Gasteiger partial charge in [-0.15, -0.1) is 23.5 Å². The van der Waals surface area contributed by atoms with E-state index in [1.54, 1.807) is 25.6 Å². The van der Waals surface area contributed by atoms with Crippen LogP contribution in [0.25, 0.3) is 21.8 Å². The molecule has 8 nitrogen and oxygen atoms in total. The van der Waals surface area contributed by atoms with E-state index in [1.165, 1.54) is 27.1 Å². The fourth-order valence-electron chi connectivity index (χ4n) is 7.51. The van der Waals surface area contributed by atoms with Gasteiger partial charge in [0.25, 0.3) is 0 Å². The topological polar surface area (TPSA) is 91.9 Å². The SMILES string of the molecule is [CH2-]Oc1ccc2c(c1)c(SC(C)(C)C)c(CC(C)(C)C(=O)O)n2Cc1ccc(C)cc1.[CH2-]Oc1ccc2c(c1)c(SC(C)(C)C)c(CC(C)(C)C(=O)OCC)n2Cc1ccc(C)cc1.[Y].[Y]. The summed E-state index contributed by atoms with van der Waals surface area (Å²) in [5, 5.41) is 12.0. The molecule has 12 heteroatoms. The zero-order valence-electron chi connectivity index (χ0n) is 41.4. The second kappa shape index (κ2) is 23.8. The van der Waals surface area contributed by atoms with Crippen molar-refractivity contribution in [1.82, 2.24) is 9.13 Å². The first-order chi connectivity index (χ1) is 29.9. The summed E-state index contributed by atoms with van der Waals surface area (Å²) >= 11 is 3.60. The number of nitrogens with zero attached hydrogens (tertiary/aromatic N) is 2. The zero-order valence-corrected chi connectivity index (χ0v) is 48.7. The van der Waals surface area contributed by atoms with Crippen molar-refractivity contribution < 1.29 is 94.3 Å². The molecule has 6 rings (SSSR count). The number of benzene rings is 4. The smallest absolute Gasteiger partial charge is 0.311 e. The number of thioether (sulfide) groups is 2. The standard InChI is InChI=1S/C28H36NO3S.C26H32NO3S.2Y/c1-9-32-26(30)28(6,7)17-24-25(33-27(3,4)5)22-16-21(31-8)14-15-23(22)29(24)18-20-12-10-19(2)11-13-20;1-17-8-10-18(11-9-17)16-27-21-13-12-19(30-7)14-20(21)23(31-25(2,3)4)22(27)15-26(5,6)24(28)29;;/h10-16H,8-9,17-18H2,1-7H3;8-14H,7,15-16H2,1-6H3,(H,28,29);;/q2*-1;;. The van der Waals surface area contributed by atoms with E-state index in [2.05, 4.69) is 139 Å². The molecule has 2 aromatic heterocycles. The van der Waals surface area contributed by atoms with Gasteiger partial charge in [-0.1, -0.05) is 101 Å². The quantitative estimate of drug-likeness (QED) is 0.0618. The molecule has 2 radical (unpaired) electrons. The Morgan fingerprint density at radius 1 is 0.591 bits per heavy atom. The van der Waals surface area contributed by atoms with Crippen molar-refractivity contribution in [1.29, 1.82) is 0 Å². The van der Waals surface area contributed by atoms with Crippen LogP contribution in [-0.2, 0) is 106 Å². The molecular formula is C54H68N2O6S2Y2-2. The van der Waals surface area contributed by atoms with Crippen LogP contribution in [0.15, 0.2) is 94.7 Å². The van der Waals surface area contributed by atoms with Crippen LogP contribution < -0.4 is 9.47 Å². The summed E-state index contributed by atoms with van der Waals surface area (Å²) in [6.45, 7) is 28.5. The zero-order chi connectivity index (χ0) is 47.4. The summed E-state index contributed by atoms with van der Waals surface area (Å²) in [4.78, 5) is 27.1. The first kappa shape index (κ1) is 57.7. The third kappa shape index (κ3) is 15.0.